The van der Waals surface area contributed by atoms with Gasteiger partial charge in [0, 0.05) is 13.0 Å². The first-order chi connectivity index (χ1) is 10.1. The average molecular weight is 292 g/mol. The Morgan fingerprint density at radius 2 is 2.33 bits per heavy atom. The molecule has 114 valence electrons. The highest BCUT2D eigenvalue weighted by Gasteiger charge is 2.35. The SMILES string of the molecule is CC(C)c1ccc(NCCOC2(C#N)CCOC2)c(F)c1. The first-order valence-corrected chi connectivity index (χ1v) is 7.22. The minimum absolute atomic E-state index is 0.264. The fourth-order valence-electron chi connectivity index (χ4n) is 2.25. The Balaban J connectivity index is 1.82. The molecule has 1 aromatic rings. The summed E-state index contributed by atoms with van der Waals surface area (Å²) in [6.07, 6.45) is 0.584. The Hall–Kier alpha value is -1.64. The Labute approximate surface area is 124 Å². The van der Waals surface area contributed by atoms with Gasteiger partial charge < -0.3 is 14.8 Å². The van der Waals surface area contributed by atoms with Crippen molar-refractivity contribution < 1.29 is 13.9 Å². The summed E-state index contributed by atoms with van der Waals surface area (Å²) in [6, 6.07) is 7.36. The van der Waals surface area contributed by atoms with Crippen molar-refractivity contribution in [2.24, 2.45) is 0 Å². The van der Waals surface area contributed by atoms with Crippen LogP contribution in [0.15, 0.2) is 18.2 Å². The van der Waals surface area contributed by atoms with E-state index in [0.29, 0.717) is 44.4 Å². The van der Waals surface area contributed by atoms with Crippen LogP contribution in [-0.2, 0) is 9.47 Å². The summed E-state index contributed by atoms with van der Waals surface area (Å²) in [4.78, 5) is 0. The Morgan fingerprint density at radius 1 is 1.52 bits per heavy atom. The Kier molecular flexibility index (Phi) is 5.16. The topological polar surface area (TPSA) is 54.3 Å². The van der Waals surface area contributed by atoms with E-state index in [1.807, 2.05) is 19.9 Å². The van der Waals surface area contributed by atoms with Crippen molar-refractivity contribution in [1.82, 2.24) is 0 Å². The highest BCUT2D eigenvalue weighted by atomic mass is 19.1. The molecule has 0 saturated carbocycles. The number of halogens is 1. The fourth-order valence-corrected chi connectivity index (χ4v) is 2.25. The molecule has 5 heteroatoms. The molecule has 1 saturated heterocycles. The number of hydrogen-bond donors (Lipinski definition) is 1. The van der Waals surface area contributed by atoms with Gasteiger partial charge in [-0.15, -0.1) is 0 Å². The number of rotatable bonds is 6. The smallest absolute Gasteiger partial charge is 0.179 e. The molecule has 0 bridgehead atoms. The number of nitrogens with one attached hydrogen (secondary N) is 1. The van der Waals surface area contributed by atoms with Gasteiger partial charge in [0.15, 0.2) is 5.60 Å². The molecule has 4 nitrogen and oxygen atoms in total. The van der Waals surface area contributed by atoms with Crippen molar-refractivity contribution in [3.8, 4) is 6.07 Å². The molecular weight excluding hydrogens is 271 g/mol. The molecule has 21 heavy (non-hydrogen) atoms. The molecule has 0 aliphatic carbocycles. The maximum Gasteiger partial charge on any atom is 0.179 e. The summed E-state index contributed by atoms with van der Waals surface area (Å²) in [5, 5.41) is 12.1. The zero-order valence-electron chi connectivity index (χ0n) is 12.5. The third-order valence-electron chi connectivity index (χ3n) is 3.64. The van der Waals surface area contributed by atoms with Crippen molar-refractivity contribution in [2.45, 2.75) is 31.8 Å². The summed E-state index contributed by atoms with van der Waals surface area (Å²) in [5.41, 5.74) is 0.597. The van der Waals surface area contributed by atoms with Crippen LogP contribution >= 0.6 is 0 Å². The molecule has 1 aromatic carbocycles. The molecule has 0 aromatic heterocycles. The molecule has 1 unspecified atom stereocenters. The molecule has 1 fully saturated rings. The Morgan fingerprint density at radius 3 is 2.90 bits per heavy atom. The van der Waals surface area contributed by atoms with Gasteiger partial charge in [0.25, 0.3) is 0 Å². The number of nitriles is 1. The van der Waals surface area contributed by atoms with Crippen LogP contribution < -0.4 is 5.32 Å². The molecular formula is C16H21FN2O2. The van der Waals surface area contributed by atoms with Gasteiger partial charge in [-0.2, -0.15) is 5.26 Å². The second-order valence-electron chi connectivity index (χ2n) is 5.58. The maximum atomic E-state index is 13.9. The standard InChI is InChI=1S/C16H21FN2O2/c1-12(2)13-3-4-15(14(17)9-13)19-6-8-21-16(10-18)5-7-20-11-16/h3-4,9,12,19H,5-8,11H2,1-2H3. The van der Waals surface area contributed by atoms with Crippen molar-refractivity contribution in [3.63, 3.8) is 0 Å². The van der Waals surface area contributed by atoms with Crippen LogP contribution in [0.25, 0.3) is 0 Å². The van der Waals surface area contributed by atoms with Crippen LogP contribution in [0.2, 0.25) is 0 Å². The number of ether oxygens (including phenoxy) is 2. The van der Waals surface area contributed by atoms with Gasteiger partial charge in [-0.25, -0.2) is 4.39 Å². The normalized spacial score (nSPS) is 21.5. The summed E-state index contributed by atoms with van der Waals surface area (Å²) >= 11 is 0. The van der Waals surface area contributed by atoms with E-state index in [0.717, 1.165) is 5.56 Å². The van der Waals surface area contributed by atoms with E-state index in [2.05, 4.69) is 11.4 Å². The van der Waals surface area contributed by atoms with Crippen molar-refractivity contribution in [1.29, 1.82) is 5.26 Å². The molecule has 1 atom stereocenters. The van der Waals surface area contributed by atoms with E-state index in [4.69, 9.17) is 14.7 Å². The number of nitrogens with zero attached hydrogens (tertiary/aromatic N) is 1. The van der Waals surface area contributed by atoms with E-state index in [1.54, 1.807) is 12.1 Å². The molecule has 2 rings (SSSR count). The summed E-state index contributed by atoms with van der Waals surface area (Å²) in [5.74, 6) is 0.0372. The Bertz CT molecular complexity index is 519. The van der Waals surface area contributed by atoms with Gasteiger partial charge in [0.05, 0.1) is 25.5 Å². The fraction of sp³-hybridized carbons (Fsp3) is 0.562. The van der Waals surface area contributed by atoms with Gasteiger partial charge in [-0.05, 0) is 23.6 Å². The van der Waals surface area contributed by atoms with Crippen LogP contribution in [0.3, 0.4) is 0 Å². The van der Waals surface area contributed by atoms with Crippen molar-refractivity contribution >= 4 is 5.69 Å². The molecule has 0 amide bonds. The number of hydrogen-bond acceptors (Lipinski definition) is 4. The molecule has 1 aliphatic rings. The van der Waals surface area contributed by atoms with Gasteiger partial charge in [0.1, 0.15) is 11.9 Å². The predicted octanol–water partition coefficient (Wildman–Crippen LogP) is 3.06. The molecule has 1 aliphatic heterocycles. The third-order valence-corrected chi connectivity index (χ3v) is 3.64. The highest BCUT2D eigenvalue weighted by Crippen LogP contribution is 2.23. The molecule has 1 N–H and O–H groups in total. The minimum Gasteiger partial charge on any atom is -0.380 e. The van der Waals surface area contributed by atoms with E-state index in [-0.39, 0.29) is 5.82 Å². The molecule has 0 radical (unpaired) electrons. The lowest BCUT2D eigenvalue weighted by Crippen LogP contribution is -2.33. The lowest BCUT2D eigenvalue weighted by molar-refractivity contribution is -0.00316. The van der Waals surface area contributed by atoms with Gasteiger partial charge in [0.2, 0.25) is 0 Å². The van der Waals surface area contributed by atoms with E-state index in [9.17, 15) is 4.39 Å². The lowest BCUT2D eigenvalue weighted by atomic mass is 10.0. The van der Waals surface area contributed by atoms with E-state index >= 15 is 0 Å². The third kappa shape index (κ3) is 3.93. The first kappa shape index (κ1) is 15.7. The van der Waals surface area contributed by atoms with Crippen LogP contribution in [0.1, 0.15) is 31.7 Å². The average Bonchev–Trinajstić information content (AvgIpc) is 2.94. The van der Waals surface area contributed by atoms with Crippen LogP contribution in [0.4, 0.5) is 10.1 Å². The van der Waals surface area contributed by atoms with Crippen LogP contribution in [-0.4, -0.2) is 32.0 Å². The van der Waals surface area contributed by atoms with E-state index in [1.165, 1.54) is 0 Å². The monoisotopic (exact) mass is 292 g/mol. The lowest BCUT2D eigenvalue weighted by Gasteiger charge is -2.19. The maximum absolute atomic E-state index is 13.9. The number of benzene rings is 1. The summed E-state index contributed by atoms with van der Waals surface area (Å²) in [7, 11) is 0. The summed E-state index contributed by atoms with van der Waals surface area (Å²) in [6.45, 7) is 5.69. The van der Waals surface area contributed by atoms with Crippen molar-refractivity contribution in [2.75, 3.05) is 31.7 Å². The number of anilines is 1. The minimum atomic E-state index is -0.832. The zero-order valence-corrected chi connectivity index (χ0v) is 12.5. The van der Waals surface area contributed by atoms with E-state index < -0.39 is 5.60 Å². The zero-order chi connectivity index (χ0) is 15.3. The molecule has 1 heterocycles. The van der Waals surface area contributed by atoms with Gasteiger partial charge in [-0.1, -0.05) is 19.9 Å². The van der Waals surface area contributed by atoms with Gasteiger partial charge in [-0.3, -0.25) is 0 Å². The summed E-state index contributed by atoms with van der Waals surface area (Å²) < 4.78 is 24.7. The second kappa shape index (κ2) is 6.88. The highest BCUT2D eigenvalue weighted by molar-refractivity contribution is 5.46. The van der Waals surface area contributed by atoms with Crippen LogP contribution in [0.5, 0.6) is 0 Å². The second-order valence-corrected chi connectivity index (χ2v) is 5.58. The van der Waals surface area contributed by atoms with Crippen LogP contribution in [0, 0.1) is 17.1 Å². The first-order valence-electron chi connectivity index (χ1n) is 7.22. The van der Waals surface area contributed by atoms with Gasteiger partial charge >= 0.3 is 0 Å². The quantitative estimate of drug-likeness (QED) is 0.819. The predicted molar refractivity (Wildman–Crippen MR) is 78.7 cm³/mol. The molecule has 0 spiro atoms. The largest absolute Gasteiger partial charge is 0.380 e. The van der Waals surface area contributed by atoms with Crippen molar-refractivity contribution in [3.05, 3.63) is 29.6 Å².